The number of hydrogen-bond donors (Lipinski definition) is 1. The Bertz CT molecular complexity index is 1160. The SMILES string of the molecule is COCc1cnc2c(c1SCC(=O)Nc1nc(C)cs1)c(=O)n(C)c(=O)n2C. The second kappa shape index (κ2) is 8.25. The molecule has 28 heavy (non-hydrogen) atoms. The molecule has 0 unspecified atom stereocenters. The maximum atomic E-state index is 12.8. The summed E-state index contributed by atoms with van der Waals surface area (Å²) in [7, 11) is 4.51. The first kappa shape index (κ1) is 20.2. The van der Waals surface area contributed by atoms with E-state index in [9.17, 15) is 14.4 Å². The van der Waals surface area contributed by atoms with E-state index in [0.29, 0.717) is 21.0 Å². The van der Waals surface area contributed by atoms with E-state index in [2.05, 4.69) is 15.3 Å². The summed E-state index contributed by atoms with van der Waals surface area (Å²) in [6, 6.07) is 0. The zero-order valence-corrected chi connectivity index (χ0v) is 17.4. The number of amides is 1. The van der Waals surface area contributed by atoms with Crippen molar-refractivity contribution in [1.82, 2.24) is 19.1 Å². The number of hydrogen-bond acceptors (Lipinski definition) is 8. The number of aryl methyl sites for hydroxylation is 2. The second-order valence-corrected chi connectivity index (χ2v) is 7.92. The van der Waals surface area contributed by atoms with Gasteiger partial charge in [-0.3, -0.25) is 18.7 Å². The Labute approximate surface area is 168 Å². The van der Waals surface area contributed by atoms with Crippen molar-refractivity contribution in [3.63, 3.8) is 0 Å². The number of pyridine rings is 1. The number of fused-ring (bicyclic) bond motifs is 1. The third-order valence-corrected chi connectivity index (χ3v) is 6.04. The van der Waals surface area contributed by atoms with E-state index in [1.54, 1.807) is 13.2 Å². The lowest BCUT2D eigenvalue weighted by Crippen LogP contribution is -2.37. The lowest BCUT2D eigenvalue weighted by molar-refractivity contribution is -0.113. The van der Waals surface area contributed by atoms with E-state index < -0.39 is 11.2 Å². The van der Waals surface area contributed by atoms with Crippen molar-refractivity contribution in [3.8, 4) is 0 Å². The van der Waals surface area contributed by atoms with Crippen LogP contribution in [0.25, 0.3) is 11.0 Å². The maximum Gasteiger partial charge on any atom is 0.332 e. The smallest absolute Gasteiger partial charge is 0.332 e. The normalized spacial score (nSPS) is 11.1. The minimum atomic E-state index is -0.461. The number of methoxy groups -OCH3 is 1. The van der Waals surface area contributed by atoms with E-state index in [4.69, 9.17) is 4.74 Å². The van der Waals surface area contributed by atoms with Gasteiger partial charge >= 0.3 is 5.69 Å². The van der Waals surface area contributed by atoms with Crippen molar-refractivity contribution in [2.45, 2.75) is 18.4 Å². The third kappa shape index (κ3) is 3.86. The van der Waals surface area contributed by atoms with Crippen LogP contribution in [0.5, 0.6) is 0 Å². The summed E-state index contributed by atoms with van der Waals surface area (Å²) in [6.45, 7) is 2.08. The monoisotopic (exact) mass is 421 g/mol. The topological polar surface area (TPSA) is 108 Å². The minimum Gasteiger partial charge on any atom is -0.380 e. The van der Waals surface area contributed by atoms with Crippen LogP contribution in [0, 0.1) is 6.92 Å². The van der Waals surface area contributed by atoms with Crippen LogP contribution < -0.4 is 16.6 Å². The summed E-state index contributed by atoms with van der Waals surface area (Å²) in [5.41, 5.74) is 0.860. The molecule has 0 bridgehead atoms. The van der Waals surface area contributed by atoms with Crippen LogP contribution in [0.3, 0.4) is 0 Å². The highest BCUT2D eigenvalue weighted by Crippen LogP contribution is 2.29. The van der Waals surface area contributed by atoms with Crippen LogP contribution in [0.15, 0.2) is 26.1 Å². The highest BCUT2D eigenvalue weighted by molar-refractivity contribution is 8.00. The largest absolute Gasteiger partial charge is 0.380 e. The van der Waals surface area contributed by atoms with Crippen molar-refractivity contribution in [1.29, 1.82) is 0 Å². The molecule has 3 heterocycles. The first-order valence-corrected chi connectivity index (χ1v) is 10.1. The Kier molecular flexibility index (Phi) is 5.96. The summed E-state index contributed by atoms with van der Waals surface area (Å²) in [6.07, 6.45) is 1.56. The van der Waals surface area contributed by atoms with Gasteiger partial charge in [0, 0.05) is 43.2 Å². The molecule has 3 aromatic rings. The Morgan fingerprint density at radius 3 is 2.71 bits per heavy atom. The number of aromatic nitrogens is 4. The highest BCUT2D eigenvalue weighted by Gasteiger charge is 2.19. The number of carbonyl (C=O) groups excluding carboxylic acids is 1. The molecule has 9 nitrogen and oxygen atoms in total. The number of thioether (sulfide) groups is 1. The summed E-state index contributed by atoms with van der Waals surface area (Å²) in [4.78, 5) is 46.3. The van der Waals surface area contributed by atoms with Gasteiger partial charge in [-0.1, -0.05) is 0 Å². The number of nitrogens with zero attached hydrogens (tertiary/aromatic N) is 4. The summed E-state index contributed by atoms with van der Waals surface area (Å²) in [5, 5.41) is 5.41. The predicted molar refractivity (Wildman–Crippen MR) is 109 cm³/mol. The van der Waals surface area contributed by atoms with Crippen LogP contribution >= 0.6 is 23.1 Å². The Balaban J connectivity index is 2.00. The van der Waals surface area contributed by atoms with Crippen LogP contribution in [0.1, 0.15) is 11.3 Å². The fourth-order valence-electron chi connectivity index (χ4n) is 2.67. The number of ether oxygens (including phenoxy) is 1. The van der Waals surface area contributed by atoms with Gasteiger partial charge in [0.2, 0.25) is 5.91 Å². The van der Waals surface area contributed by atoms with Gasteiger partial charge < -0.3 is 10.1 Å². The standard InChI is InChI=1S/C17H19N5O4S2/c1-9-7-28-16(19-9)20-11(23)8-27-13-10(6-26-4)5-18-14-12(13)15(24)22(3)17(25)21(14)2/h5,7H,6,8H2,1-4H3,(H,19,20,23). The van der Waals surface area contributed by atoms with Crippen LogP contribution in [-0.2, 0) is 30.2 Å². The highest BCUT2D eigenvalue weighted by atomic mass is 32.2. The van der Waals surface area contributed by atoms with Crippen LogP contribution in [-0.4, -0.2) is 37.9 Å². The Morgan fingerprint density at radius 2 is 2.07 bits per heavy atom. The predicted octanol–water partition coefficient (Wildman–Crippen LogP) is 1.27. The van der Waals surface area contributed by atoms with E-state index in [0.717, 1.165) is 10.3 Å². The lowest BCUT2D eigenvalue weighted by atomic mass is 10.2. The average molecular weight is 422 g/mol. The summed E-state index contributed by atoms with van der Waals surface area (Å²) in [5.74, 6) is -0.171. The molecule has 0 aliphatic carbocycles. The fourth-order valence-corrected chi connectivity index (χ4v) is 4.34. The van der Waals surface area contributed by atoms with Gasteiger partial charge in [0.1, 0.15) is 5.65 Å². The van der Waals surface area contributed by atoms with Crippen LogP contribution in [0.4, 0.5) is 5.13 Å². The molecule has 0 spiro atoms. The van der Waals surface area contributed by atoms with Gasteiger partial charge in [-0.25, -0.2) is 14.8 Å². The molecule has 11 heteroatoms. The van der Waals surface area contributed by atoms with E-state index >= 15 is 0 Å². The molecule has 0 radical (unpaired) electrons. The average Bonchev–Trinajstić information content (AvgIpc) is 3.08. The van der Waals surface area contributed by atoms with Gasteiger partial charge in [0.25, 0.3) is 5.56 Å². The van der Waals surface area contributed by atoms with Gasteiger partial charge in [0.05, 0.1) is 23.4 Å². The summed E-state index contributed by atoms with van der Waals surface area (Å²) >= 11 is 2.55. The molecule has 0 aliphatic heterocycles. The minimum absolute atomic E-state index is 0.0699. The Morgan fingerprint density at radius 1 is 1.32 bits per heavy atom. The number of carbonyl (C=O) groups is 1. The number of thiazole rings is 1. The number of anilines is 1. The second-order valence-electron chi connectivity index (χ2n) is 6.08. The molecule has 148 valence electrons. The van der Waals surface area contributed by atoms with E-state index in [1.165, 1.54) is 41.8 Å². The van der Waals surface area contributed by atoms with Crippen molar-refractivity contribution < 1.29 is 9.53 Å². The number of nitrogens with one attached hydrogen (secondary N) is 1. The Hall–Kier alpha value is -2.50. The van der Waals surface area contributed by atoms with E-state index in [-0.39, 0.29) is 23.9 Å². The quantitative estimate of drug-likeness (QED) is 0.597. The molecule has 0 fully saturated rings. The molecule has 1 N–H and O–H groups in total. The molecule has 3 aromatic heterocycles. The number of rotatable bonds is 6. The zero-order valence-electron chi connectivity index (χ0n) is 15.8. The third-order valence-electron chi connectivity index (χ3n) is 4.01. The molecule has 0 saturated heterocycles. The fraction of sp³-hybridized carbons (Fsp3) is 0.353. The van der Waals surface area contributed by atoms with Crippen LogP contribution in [0.2, 0.25) is 0 Å². The summed E-state index contributed by atoms with van der Waals surface area (Å²) < 4.78 is 7.55. The molecular weight excluding hydrogens is 402 g/mol. The van der Waals surface area contributed by atoms with E-state index in [1.807, 2.05) is 12.3 Å². The molecule has 1 amide bonds. The van der Waals surface area contributed by atoms with Crippen molar-refractivity contribution >= 4 is 45.2 Å². The molecule has 0 aromatic carbocycles. The molecule has 0 atom stereocenters. The van der Waals surface area contributed by atoms with Gasteiger partial charge in [0.15, 0.2) is 5.13 Å². The van der Waals surface area contributed by atoms with Crippen molar-refractivity contribution in [2.24, 2.45) is 14.1 Å². The lowest BCUT2D eigenvalue weighted by Gasteiger charge is -2.13. The molecule has 0 saturated carbocycles. The molecule has 3 rings (SSSR count). The van der Waals surface area contributed by atoms with Gasteiger partial charge in [-0.05, 0) is 6.92 Å². The van der Waals surface area contributed by atoms with Crippen molar-refractivity contribution in [2.75, 3.05) is 18.2 Å². The molecule has 0 aliphatic rings. The zero-order chi connectivity index (χ0) is 20.4. The van der Waals surface area contributed by atoms with Gasteiger partial charge in [-0.15, -0.1) is 23.1 Å². The first-order valence-electron chi connectivity index (χ1n) is 8.24. The molecular formula is C17H19N5O4S2. The first-order chi connectivity index (χ1) is 13.3. The van der Waals surface area contributed by atoms with Gasteiger partial charge in [-0.2, -0.15) is 0 Å². The van der Waals surface area contributed by atoms with Crippen molar-refractivity contribution in [3.05, 3.63) is 43.7 Å². The maximum absolute atomic E-state index is 12.8.